The molecule has 2 fully saturated rings. The third-order valence-corrected chi connectivity index (χ3v) is 6.58. The lowest BCUT2D eigenvalue weighted by Gasteiger charge is -2.50. The Morgan fingerprint density at radius 1 is 1.29 bits per heavy atom. The van der Waals surface area contributed by atoms with E-state index in [1.165, 1.54) is 16.7 Å². The van der Waals surface area contributed by atoms with E-state index in [9.17, 15) is 9.90 Å². The highest BCUT2D eigenvalue weighted by molar-refractivity contribution is 5.73. The Morgan fingerprint density at radius 3 is 2.64 bits per heavy atom. The van der Waals surface area contributed by atoms with Crippen LogP contribution in [0.25, 0.3) is 0 Å². The van der Waals surface area contributed by atoms with Crippen molar-refractivity contribution in [3.8, 4) is 5.75 Å². The molecule has 2 aliphatic rings. The fourth-order valence-electron chi connectivity index (χ4n) is 4.69. The maximum absolute atomic E-state index is 11.8. The highest BCUT2D eigenvalue weighted by Gasteiger charge is 2.45. The lowest BCUT2D eigenvalue weighted by Crippen LogP contribution is -2.60. The minimum absolute atomic E-state index is 0.114. The Bertz CT molecular complexity index is 718. The summed E-state index contributed by atoms with van der Waals surface area (Å²) in [5, 5.41) is 11.1. The van der Waals surface area contributed by atoms with E-state index in [1.54, 1.807) is 6.92 Å². The summed E-state index contributed by atoms with van der Waals surface area (Å²) in [6, 6.07) is 4.47. The summed E-state index contributed by atoms with van der Waals surface area (Å²) in [5.41, 5.74) is 3.23. The van der Waals surface area contributed by atoms with Gasteiger partial charge < -0.3 is 14.7 Å². The Labute approximate surface area is 169 Å². The Kier molecular flexibility index (Phi) is 6.35. The Morgan fingerprint density at radius 2 is 2.00 bits per heavy atom. The molecular weight excluding hydrogens is 352 g/mol. The molecule has 0 radical (unpaired) electrons. The SMILES string of the molecule is CCOc1cc(C)c(CN2CC[C@@]3(O)CCN(C(C)=O)C[C@H]3C2)cc1C(C)C. The van der Waals surface area contributed by atoms with Crippen molar-refractivity contribution in [3.63, 3.8) is 0 Å². The molecule has 1 aromatic carbocycles. The number of nitrogens with zero attached hydrogens (tertiary/aromatic N) is 2. The highest BCUT2D eigenvalue weighted by Crippen LogP contribution is 2.37. The van der Waals surface area contributed by atoms with Gasteiger partial charge in [-0.1, -0.05) is 19.9 Å². The van der Waals surface area contributed by atoms with Gasteiger partial charge in [-0.2, -0.15) is 0 Å². The number of rotatable bonds is 5. The quantitative estimate of drug-likeness (QED) is 0.841. The van der Waals surface area contributed by atoms with Crippen LogP contribution in [-0.4, -0.2) is 59.2 Å². The molecule has 1 aromatic rings. The number of hydrogen-bond acceptors (Lipinski definition) is 4. The molecule has 2 atom stereocenters. The van der Waals surface area contributed by atoms with Crippen molar-refractivity contribution in [2.45, 2.75) is 65.5 Å². The van der Waals surface area contributed by atoms with Crippen LogP contribution in [0, 0.1) is 12.8 Å². The average molecular weight is 389 g/mol. The second-order valence-electron chi connectivity index (χ2n) is 8.90. The van der Waals surface area contributed by atoms with E-state index in [0.29, 0.717) is 32.0 Å². The largest absolute Gasteiger partial charge is 0.494 e. The third-order valence-electron chi connectivity index (χ3n) is 6.58. The lowest BCUT2D eigenvalue weighted by atomic mass is 9.75. The number of benzene rings is 1. The second kappa shape index (κ2) is 8.42. The van der Waals surface area contributed by atoms with Gasteiger partial charge >= 0.3 is 0 Å². The summed E-state index contributed by atoms with van der Waals surface area (Å²) in [7, 11) is 0. The molecule has 5 heteroatoms. The van der Waals surface area contributed by atoms with Gasteiger partial charge in [0.1, 0.15) is 5.75 Å². The molecule has 28 heavy (non-hydrogen) atoms. The van der Waals surface area contributed by atoms with Gasteiger partial charge in [0.2, 0.25) is 5.91 Å². The summed E-state index contributed by atoms with van der Waals surface area (Å²) in [6.45, 7) is 14.9. The normalized spacial score (nSPS) is 25.7. The van der Waals surface area contributed by atoms with Gasteiger partial charge in [0.15, 0.2) is 0 Å². The summed E-state index contributed by atoms with van der Waals surface area (Å²) >= 11 is 0. The van der Waals surface area contributed by atoms with Crippen LogP contribution in [0.1, 0.15) is 63.1 Å². The van der Waals surface area contributed by atoms with Crippen molar-refractivity contribution in [3.05, 3.63) is 28.8 Å². The molecule has 0 bridgehead atoms. The van der Waals surface area contributed by atoms with Gasteiger partial charge in [-0.15, -0.1) is 0 Å². The summed E-state index contributed by atoms with van der Waals surface area (Å²) in [6.07, 6.45) is 1.49. The van der Waals surface area contributed by atoms with Crippen molar-refractivity contribution in [2.75, 3.05) is 32.8 Å². The van der Waals surface area contributed by atoms with Crippen LogP contribution in [-0.2, 0) is 11.3 Å². The van der Waals surface area contributed by atoms with Gasteiger partial charge in [0.25, 0.3) is 0 Å². The topological polar surface area (TPSA) is 53.0 Å². The van der Waals surface area contributed by atoms with E-state index in [1.807, 2.05) is 11.8 Å². The van der Waals surface area contributed by atoms with Gasteiger partial charge in [-0.25, -0.2) is 0 Å². The first-order valence-electron chi connectivity index (χ1n) is 10.7. The minimum atomic E-state index is -0.612. The number of aliphatic hydroxyl groups is 1. The van der Waals surface area contributed by atoms with Crippen molar-refractivity contribution >= 4 is 5.91 Å². The predicted molar refractivity (Wildman–Crippen MR) is 112 cm³/mol. The molecule has 0 aromatic heterocycles. The van der Waals surface area contributed by atoms with Crippen molar-refractivity contribution in [1.82, 2.24) is 9.80 Å². The summed E-state index contributed by atoms with van der Waals surface area (Å²) < 4.78 is 5.86. The molecule has 156 valence electrons. The van der Waals surface area contributed by atoms with E-state index >= 15 is 0 Å². The molecule has 5 nitrogen and oxygen atoms in total. The molecule has 2 aliphatic heterocycles. The fourth-order valence-corrected chi connectivity index (χ4v) is 4.69. The van der Waals surface area contributed by atoms with Crippen LogP contribution in [0.3, 0.4) is 0 Å². The molecule has 3 rings (SSSR count). The smallest absolute Gasteiger partial charge is 0.219 e. The fraction of sp³-hybridized carbons (Fsp3) is 0.696. The number of piperidine rings is 2. The first kappa shape index (κ1) is 21.1. The molecule has 0 spiro atoms. The number of aryl methyl sites for hydroxylation is 1. The number of fused-ring (bicyclic) bond motifs is 1. The summed E-state index contributed by atoms with van der Waals surface area (Å²) in [5.74, 6) is 1.65. The summed E-state index contributed by atoms with van der Waals surface area (Å²) in [4.78, 5) is 16.1. The first-order valence-corrected chi connectivity index (χ1v) is 10.7. The van der Waals surface area contributed by atoms with E-state index in [2.05, 4.69) is 37.8 Å². The van der Waals surface area contributed by atoms with Gasteiger partial charge in [-0.3, -0.25) is 9.69 Å². The molecule has 1 amide bonds. The Balaban J connectivity index is 1.75. The Hall–Kier alpha value is -1.59. The molecule has 2 heterocycles. The van der Waals surface area contributed by atoms with Gasteiger partial charge in [-0.05, 0) is 55.4 Å². The average Bonchev–Trinajstić information content (AvgIpc) is 2.63. The van der Waals surface area contributed by atoms with Crippen LogP contribution in [0.5, 0.6) is 5.75 Å². The van der Waals surface area contributed by atoms with Gasteiger partial charge in [0, 0.05) is 45.6 Å². The third kappa shape index (κ3) is 4.36. The lowest BCUT2D eigenvalue weighted by molar-refractivity contribution is -0.145. The van der Waals surface area contributed by atoms with Crippen LogP contribution in [0.4, 0.5) is 0 Å². The molecule has 1 N–H and O–H groups in total. The molecule has 2 saturated heterocycles. The predicted octanol–water partition coefficient (Wildman–Crippen LogP) is 3.32. The standard InChI is InChI=1S/C23H36N2O3/c1-6-28-22-11-17(4)19(12-21(22)16(2)3)13-24-9-7-23(27)8-10-25(18(5)26)15-20(23)14-24/h11-12,16,20,27H,6-10,13-15H2,1-5H3/t20-,23-/m1/s1. The minimum Gasteiger partial charge on any atom is -0.494 e. The number of hydrogen-bond donors (Lipinski definition) is 1. The van der Waals surface area contributed by atoms with E-state index in [4.69, 9.17) is 4.74 Å². The maximum atomic E-state index is 11.8. The number of likely N-dealkylation sites (tertiary alicyclic amines) is 2. The molecular formula is C23H36N2O3. The van der Waals surface area contributed by atoms with Gasteiger partial charge in [0.05, 0.1) is 12.2 Å². The van der Waals surface area contributed by atoms with Crippen LogP contribution in [0.2, 0.25) is 0 Å². The zero-order valence-corrected chi connectivity index (χ0v) is 18.1. The zero-order valence-electron chi connectivity index (χ0n) is 18.1. The highest BCUT2D eigenvalue weighted by atomic mass is 16.5. The van der Waals surface area contributed by atoms with Crippen LogP contribution < -0.4 is 4.74 Å². The number of carbonyl (C=O) groups is 1. The van der Waals surface area contributed by atoms with E-state index < -0.39 is 5.60 Å². The van der Waals surface area contributed by atoms with Crippen molar-refractivity contribution < 1.29 is 14.6 Å². The van der Waals surface area contributed by atoms with Crippen LogP contribution in [0.15, 0.2) is 12.1 Å². The number of carbonyl (C=O) groups excluding carboxylic acids is 1. The monoisotopic (exact) mass is 388 g/mol. The molecule has 0 saturated carbocycles. The van der Waals surface area contributed by atoms with Crippen LogP contribution >= 0.6 is 0 Å². The van der Waals surface area contributed by atoms with E-state index in [0.717, 1.165) is 31.8 Å². The first-order chi connectivity index (χ1) is 13.2. The second-order valence-corrected chi connectivity index (χ2v) is 8.90. The van der Waals surface area contributed by atoms with Crippen molar-refractivity contribution in [2.24, 2.45) is 5.92 Å². The number of amides is 1. The van der Waals surface area contributed by atoms with Crippen molar-refractivity contribution in [1.29, 1.82) is 0 Å². The maximum Gasteiger partial charge on any atom is 0.219 e. The molecule has 0 unspecified atom stereocenters. The number of ether oxygens (including phenoxy) is 1. The zero-order chi connectivity index (χ0) is 20.5. The van der Waals surface area contributed by atoms with E-state index in [-0.39, 0.29) is 11.8 Å². The molecule has 0 aliphatic carbocycles.